The summed E-state index contributed by atoms with van der Waals surface area (Å²) >= 11 is 0. The second kappa shape index (κ2) is 5.37. The van der Waals surface area contributed by atoms with E-state index in [1.807, 2.05) is 25.1 Å². The Bertz CT molecular complexity index is 661. The number of amides is 2. The molecular weight excluding hydrogens is 268 g/mol. The normalized spacial score (nSPS) is 16.5. The van der Waals surface area contributed by atoms with Crippen LogP contribution in [0.2, 0.25) is 0 Å². The maximum atomic E-state index is 11.7. The lowest BCUT2D eigenvalue weighted by atomic mass is 9.80. The first-order chi connectivity index (χ1) is 10.1. The second-order valence-corrected chi connectivity index (χ2v) is 5.77. The quantitative estimate of drug-likeness (QED) is 0.688. The van der Waals surface area contributed by atoms with Crippen molar-refractivity contribution >= 4 is 17.1 Å². The van der Waals surface area contributed by atoms with Gasteiger partial charge in [-0.15, -0.1) is 0 Å². The third kappa shape index (κ3) is 3.00. The van der Waals surface area contributed by atoms with Gasteiger partial charge in [0.05, 0.1) is 23.2 Å². The van der Waals surface area contributed by atoms with Crippen LogP contribution in [0.25, 0.3) is 11.0 Å². The Hall–Kier alpha value is -2.08. The Morgan fingerprint density at radius 3 is 2.90 bits per heavy atom. The monoisotopic (exact) mass is 288 g/mol. The molecule has 2 aromatic rings. The Balaban J connectivity index is 1.53. The molecule has 0 saturated heterocycles. The summed E-state index contributed by atoms with van der Waals surface area (Å²) in [4.78, 5) is 19.4. The smallest absolute Gasteiger partial charge is 0.315 e. The molecule has 21 heavy (non-hydrogen) atoms. The number of para-hydroxylation sites is 1. The molecule has 1 aliphatic carbocycles. The van der Waals surface area contributed by atoms with Crippen LogP contribution in [0.5, 0.6) is 0 Å². The van der Waals surface area contributed by atoms with Crippen molar-refractivity contribution in [3.63, 3.8) is 0 Å². The van der Waals surface area contributed by atoms with Crippen molar-refractivity contribution in [2.24, 2.45) is 0 Å². The third-order valence-electron chi connectivity index (χ3n) is 4.04. The van der Waals surface area contributed by atoms with Gasteiger partial charge in [-0.2, -0.15) is 0 Å². The number of imidazole rings is 1. The summed E-state index contributed by atoms with van der Waals surface area (Å²) in [6.07, 6.45) is 2.55. The lowest BCUT2D eigenvalue weighted by molar-refractivity contribution is -0.0290. The molecule has 1 saturated carbocycles. The van der Waals surface area contributed by atoms with Gasteiger partial charge in [-0.05, 0) is 37.8 Å². The molecule has 1 aromatic heterocycles. The van der Waals surface area contributed by atoms with E-state index in [0.717, 1.165) is 41.7 Å². The number of aliphatic hydroxyl groups is 1. The van der Waals surface area contributed by atoms with Crippen LogP contribution < -0.4 is 10.6 Å². The standard InChI is InChI=1S/C15H20N4O2/c1-10-4-2-5-11-13(10)19-12(18-11)8-16-14(20)17-9-15(21)6-3-7-15/h2,4-5,21H,3,6-9H2,1H3,(H,18,19)(H2,16,17,20). The molecule has 0 unspecified atom stereocenters. The van der Waals surface area contributed by atoms with Crippen molar-refractivity contribution in [3.8, 4) is 0 Å². The number of benzene rings is 1. The van der Waals surface area contributed by atoms with Crippen LogP contribution in [-0.4, -0.2) is 33.3 Å². The molecule has 0 bridgehead atoms. The van der Waals surface area contributed by atoms with Crippen LogP contribution >= 0.6 is 0 Å². The summed E-state index contributed by atoms with van der Waals surface area (Å²) in [5.74, 6) is 0.719. The number of fused-ring (bicyclic) bond motifs is 1. The van der Waals surface area contributed by atoms with Gasteiger partial charge in [0.2, 0.25) is 0 Å². The Kier molecular flexibility index (Phi) is 3.55. The minimum absolute atomic E-state index is 0.285. The number of carbonyl (C=O) groups excluding carboxylic acids is 1. The lowest BCUT2D eigenvalue weighted by Gasteiger charge is -2.36. The molecule has 0 spiro atoms. The zero-order valence-corrected chi connectivity index (χ0v) is 12.1. The first-order valence-electron chi connectivity index (χ1n) is 7.24. The van der Waals surface area contributed by atoms with E-state index in [0.29, 0.717) is 13.1 Å². The fraction of sp³-hybridized carbons (Fsp3) is 0.467. The number of aromatic nitrogens is 2. The molecule has 1 aromatic carbocycles. The van der Waals surface area contributed by atoms with Gasteiger partial charge in [0.1, 0.15) is 5.82 Å². The van der Waals surface area contributed by atoms with Crippen molar-refractivity contribution in [1.82, 2.24) is 20.6 Å². The zero-order valence-electron chi connectivity index (χ0n) is 12.1. The number of nitrogens with one attached hydrogen (secondary N) is 3. The summed E-state index contributed by atoms with van der Waals surface area (Å²) in [6.45, 7) is 2.64. The van der Waals surface area contributed by atoms with Gasteiger partial charge in [-0.3, -0.25) is 0 Å². The molecule has 6 nitrogen and oxygen atoms in total. The molecule has 6 heteroatoms. The summed E-state index contributed by atoms with van der Waals surface area (Å²) in [5, 5.41) is 15.4. The molecular formula is C15H20N4O2. The summed E-state index contributed by atoms with van der Waals surface area (Å²) in [6, 6.07) is 5.66. The van der Waals surface area contributed by atoms with E-state index in [1.165, 1.54) is 0 Å². The van der Waals surface area contributed by atoms with Crippen molar-refractivity contribution in [3.05, 3.63) is 29.6 Å². The molecule has 112 valence electrons. The molecule has 1 fully saturated rings. The number of hydrogen-bond acceptors (Lipinski definition) is 3. The highest BCUT2D eigenvalue weighted by Gasteiger charge is 2.34. The molecule has 0 atom stereocenters. The molecule has 0 radical (unpaired) electrons. The predicted octanol–water partition coefficient (Wildman–Crippen LogP) is 1.59. The second-order valence-electron chi connectivity index (χ2n) is 5.77. The Labute approximate surface area is 123 Å². The van der Waals surface area contributed by atoms with Gasteiger partial charge in [0, 0.05) is 6.54 Å². The first kappa shape index (κ1) is 13.9. The molecule has 2 amide bonds. The zero-order chi connectivity index (χ0) is 14.9. The minimum Gasteiger partial charge on any atom is -0.388 e. The van der Waals surface area contributed by atoms with E-state index in [4.69, 9.17) is 0 Å². The van der Waals surface area contributed by atoms with Crippen LogP contribution in [0.1, 0.15) is 30.7 Å². The fourth-order valence-corrected chi connectivity index (χ4v) is 2.54. The highest BCUT2D eigenvalue weighted by molar-refractivity contribution is 5.78. The van der Waals surface area contributed by atoms with Crippen LogP contribution in [0.3, 0.4) is 0 Å². The van der Waals surface area contributed by atoms with Gasteiger partial charge in [0.15, 0.2) is 0 Å². The number of aryl methyl sites for hydroxylation is 1. The van der Waals surface area contributed by atoms with E-state index in [1.54, 1.807) is 0 Å². The number of carbonyl (C=O) groups is 1. The maximum absolute atomic E-state index is 11.7. The molecule has 3 rings (SSSR count). The van der Waals surface area contributed by atoms with E-state index in [-0.39, 0.29) is 6.03 Å². The van der Waals surface area contributed by atoms with Gasteiger partial charge in [0.25, 0.3) is 0 Å². The topological polar surface area (TPSA) is 90.0 Å². The maximum Gasteiger partial charge on any atom is 0.315 e. The number of hydrogen-bond donors (Lipinski definition) is 4. The number of nitrogens with zero attached hydrogens (tertiary/aromatic N) is 1. The number of urea groups is 1. The third-order valence-corrected chi connectivity index (χ3v) is 4.04. The van der Waals surface area contributed by atoms with Crippen molar-refractivity contribution in [1.29, 1.82) is 0 Å². The summed E-state index contributed by atoms with van der Waals surface area (Å²) in [5.41, 5.74) is 2.30. The Morgan fingerprint density at radius 2 is 2.24 bits per heavy atom. The van der Waals surface area contributed by atoms with Crippen LogP contribution in [0.15, 0.2) is 18.2 Å². The average molecular weight is 288 g/mol. The first-order valence-corrected chi connectivity index (χ1v) is 7.24. The molecule has 4 N–H and O–H groups in total. The van der Waals surface area contributed by atoms with Crippen LogP contribution in [0.4, 0.5) is 4.79 Å². The molecule has 1 aliphatic rings. The van der Waals surface area contributed by atoms with Gasteiger partial charge < -0.3 is 20.7 Å². The summed E-state index contributed by atoms with van der Waals surface area (Å²) in [7, 11) is 0. The molecule has 0 aliphatic heterocycles. The highest BCUT2D eigenvalue weighted by Crippen LogP contribution is 2.30. The van der Waals surface area contributed by atoms with E-state index in [2.05, 4.69) is 20.6 Å². The number of rotatable bonds is 4. The number of H-pyrrole nitrogens is 1. The van der Waals surface area contributed by atoms with E-state index in [9.17, 15) is 9.90 Å². The predicted molar refractivity (Wildman–Crippen MR) is 79.9 cm³/mol. The lowest BCUT2D eigenvalue weighted by Crippen LogP contribution is -2.50. The average Bonchev–Trinajstić information content (AvgIpc) is 2.85. The SMILES string of the molecule is Cc1cccc2[nH]c(CNC(=O)NCC3(O)CCC3)nc12. The van der Waals surface area contributed by atoms with E-state index < -0.39 is 5.60 Å². The summed E-state index contributed by atoms with van der Waals surface area (Å²) < 4.78 is 0. The van der Waals surface area contributed by atoms with Crippen LogP contribution in [0, 0.1) is 6.92 Å². The van der Waals surface area contributed by atoms with Crippen molar-refractivity contribution in [2.75, 3.05) is 6.54 Å². The van der Waals surface area contributed by atoms with Gasteiger partial charge in [-0.1, -0.05) is 12.1 Å². The van der Waals surface area contributed by atoms with Gasteiger partial charge >= 0.3 is 6.03 Å². The van der Waals surface area contributed by atoms with Crippen LogP contribution in [-0.2, 0) is 6.54 Å². The van der Waals surface area contributed by atoms with Gasteiger partial charge in [-0.25, -0.2) is 9.78 Å². The van der Waals surface area contributed by atoms with E-state index >= 15 is 0 Å². The minimum atomic E-state index is -0.701. The fourth-order valence-electron chi connectivity index (χ4n) is 2.54. The molecule has 1 heterocycles. The largest absolute Gasteiger partial charge is 0.388 e. The Morgan fingerprint density at radius 1 is 1.43 bits per heavy atom. The van der Waals surface area contributed by atoms with Crippen molar-refractivity contribution < 1.29 is 9.90 Å². The number of aromatic amines is 1. The van der Waals surface area contributed by atoms with Crippen molar-refractivity contribution in [2.45, 2.75) is 38.3 Å². The highest BCUT2D eigenvalue weighted by atomic mass is 16.3.